The lowest BCUT2D eigenvalue weighted by atomic mass is 10.1. The molecular formula is C15H20N2O3. The quantitative estimate of drug-likeness (QED) is 0.752. The van der Waals surface area contributed by atoms with E-state index in [9.17, 15) is 9.90 Å². The van der Waals surface area contributed by atoms with Crippen LogP contribution in [-0.4, -0.2) is 30.3 Å². The van der Waals surface area contributed by atoms with E-state index in [0.29, 0.717) is 12.2 Å². The van der Waals surface area contributed by atoms with Crippen LogP contribution in [0.4, 0.5) is 0 Å². The van der Waals surface area contributed by atoms with Crippen molar-refractivity contribution < 1.29 is 14.6 Å². The van der Waals surface area contributed by atoms with Crippen LogP contribution in [0.3, 0.4) is 0 Å². The molecule has 0 aliphatic heterocycles. The molecule has 0 radical (unpaired) electrons. The van der Waals surface area contributed by atoms with Gasteiger partial charge in [-0.1, -0.05) is 25.5 Å². The molecule has 108 valence electrons. The fraction of sp³-hybridized carbons (Fsp3) is 0.467. The maximum atomic E-state index is 11.7. The summed E-state index contributed by atoms with van der Waals surface area (Å²) in [6.07, 6.45) is 1.36. The minimum atomic E-state index is -0.481. The Morgan fingerprint density at radius 1 is 1.45 bits per heavy atom. The molecule has 0 aliphatic rings. The van der Waals surface area contributed by atoms with Gasteiger partial charge in [0, 0.05) is 6.54 Å². The zero-order valence-corrected chi connectivity index (χ0v) is 11.6. The van der Waals surface area contributed by atoms with Gasteiger partial charge < -0.3 is 15.2 Å². The predicted octanol–water partition coefficient (Wildman–Crippen LogP) is 1.41. The number of hydrogen-bond acceptors (Lipinski definition) is 4. The Kier molecular flexibility index (Phi) is 7.15. The molecule has 1 amide bonds. The van der Waals surface area contributed by atoms with Crippen molar-refractivity contribution in [3.8, 4) is 11.8 Å². The van der Waals surface area contributed by atoms with Crippen molar-refractivity contribution in [3.63, 3.8) is 0 Å². The number of nitrogens with zero attached hydrogens (tertiary/aromatic N) is 1. The number of benzene rings is 1. The molecule has 1 rings (SSSR count). The molecule has 0 fully saturated rings. The second kappa shape index (κ2) is 8.94. The maximum absolute atomic E-state index is 11.7. The Morgan fingerprint density at radius 3 is 2.75 bits per heavy atom. The van der Waals surface area contributed by atoms with Crippen molar-refractivity contribution in [2.24, 2.45) is 0 Å². The van der Waals surface area contributed by atoms with E-state index in [0.717, 1.165) is 12.0 Å². The van der Waals surface area contributed by atoms with Crippen LogP contribution in [0.1, 0.15) is 25.3 Å². The summed E-state index contributed by atoms with van der Waals surface area (Å²) in [6, 6.07) is 8.92. The van der Waals surface area contributed by atoms with Gasteiger partial charge in [0.15, 0.2) is 6.61 Å². The van der Waals surface area contributed by atoms with Gasteiger partial charge in [0.05, 0.1) is 12.5 Å². The van der Waals surface area contributed by atoms with Crippen molar-refractivity contribution in [1.82, 2.24) is 5.32 Å². The Morgan fingerprint density at radius 2 is 2.15 bits per heavy atom. The zero-order chi connectivity index (χ0) is 14.8. The van der Waals surface area contributed by atoms with Crippen molar-refractivity contribution >= 4 is 5.91 Å². The van der Waals surface area contributed by atoms with Gasteiger partial charge in [0.1, 0.15) is 11.8 Å². The van der Waals surface area contributed by atoms with Crippen LogP contribution in [0, 0.1) is 11.3 Å². The Bertz CT molecular complexity index is 451. The molecule has 0 bridgehead atoms. The number of carbonyl (C=O) groups excluding carboxylic acids is 1. The first-order chi connectivity index (χ1) is 9.65. The first kappa shape index (κ1) is 16.0. The van der Waals surface area contributed by atoms with Gasteiger partial charge in [0.25, 0.3) is 0 Å². The molecule has 1 atom stereocenters. The van der Waals surface area contributed by atoms with Gasteiger partial charge in [0.2, 0.25) is 5.91 Å². The lowest BCUT2D eigenvalue weighted by Crippen LogP contribution is -2.33. The molecule has 2 N–H and O–H groups in total. The van der Waals surface area contributed by atoms with Crippen molar-refractivity contribution in [1.29, 1.82) is 5.26 Å². The highest BCUT2D eigenvalue weighted by molar-refractivity contribution is 5.78. The number of ether oxygens (including phenoxy) is 1. The van der Waals surface area contributed by atoms with Gasteiger partial charge in [-0.2, -0.15) is 5.26 Å². The van der Waals surface area contributed by atoms with Crippen molar-refractivity contribution in [2.75, 3.05) is 13.2 Å². The van der Waals surface area contributed by atoms with E-state index in [1.54, 1.807) is 24.3 Å². The van der Waals surface area contributed by atoms with Crippen LogP contribution in [0.15, 0.2) is 24.3 Å². The van der Waals surface area contributed by atoms with E-state index in [4.69, 9.17) is 10.00 Å². The van der Waals surface area contributed by atoms with E-state index in [1.807, 2.05) is 13.0 Å². The predicted molar refractivity (Wildman–Crippen MR) is 75.2 cm³/mol. The number of aliphatic hydroxyl groups excluding tert-OH is 1. The molecule has 0 spiro atoms. The first-order valence-electron chi connectivity index (χ1n) is 6.69. The Hall–Kier alpha value is -2.06. The molecule has 1 aromatic carbocycles. The summed E-state index contributed by atoms with van der Waals surface area (Å²) in [6.45, 7) is 2.28. The number of amides is 1. The summed E-state index contributed by atoms with van der Waals surface area (Å²) in [5.74, 6) is 0.486. The third-order valence-electron chi connectivity index (χ3n) is 2.75. The number of nitrogens with one attached hydrogen (secondary N) is 1. The second-order valence-electron chi connectivity index (χ2n) is 4.51. The van der Waals surface area contributed by atoms with Gasteiger partial charge >= 0.3 is 0 Å². The van der Waals surface area contributed by atoms with E-state index in [1.165, 1.54) is 0 Å². The number of aliphatic hydroxyl groups is 1. The molecule has 0 saturated carbocycles. The summed E-state index contributed by atoms with van der Waals surface area (Å²) in [5, 5.41) is 20.6. The largest absolute Gasteiger partial charge is 0.479 e. The van der Waals surface area contributed by atoms with Crippen LogP contribution in [-0.2, 0) is 11.2 Å². The summed E-state index contributed by atoms with van der Waals surface area (Å²) in [7, 11) is 0. The zero-order valence-electron chi connectivity index (χ0n) is 11.6. The molecule has 0 aliphatic carbocycles. The van der Waals surface area contributed by atoms with Crippen molar-refractivity contribution in [3.05, 3.63) is 29.8 Å². The lowest BCUT2D eigenvalue weighted by molar-refractivity contribution is -0.120. The van der Waals surface area contributed by atoms with Crippen LogP contribution < -0.4 is 10.1 Å². The summed E-state index contributed by atoms with van der Waals surface area (Å²) >= 11 is 0. The highest BCUT2D eigenvalue weighted by Gasteiger charge is 2.07. The number of carbonyl (C=O) groups is 1. The van der Waals surface area contributed by atoms with E-state index in [2.05, 4.69) is 5.32 Å². The normalized spacial score (nSPS) is 11.4. The van der Waals surface area contributed by atoms with Gasteiger partial charge in [-0.25, -0.2) is 0 Å². The molecule has 1 aromatic rings. The molecule has 0 saturated heterocycles. The average Bonchev–Trinajstić information content (AvgIpc) is 2.45. The number of hydrogen-bond donors (Lipinski definition) is 2. The summed E-state index contributed by atoms with van der Waals surface area (Å²) in [5.41, 5.74) is 0.858. The van der Waals surface area contributed by atoms with Crippen LogP contribution >= 0.6 is 0 Å². The minimum absolute atomic E-state index is 0.00908. The van der Waals surface area contributed by atoms with Crippen LogP contribution in [0.25, 0.3) is 0 Å². The van der Waals surface area contributed by atoms with E-state index >= 15 is 0 Å². The minimum Gasteiger partial charge on any atom is -0.479 e. The third-order valence-corrected chi connectivity index (χ3v) is 2.75. The van der Waals surface area contributed by atoms with Gasteiger partial charge in [-0.15, -0.1) is 0 Å². The molecule has 1 unspecified atom stereocenters. The second-order valence-corrected chi connectivity index (χ2v) is 4.51. The standard InChI is InChI=1S/C15H20N2O3/c1-2-3-13(18)11-17-15(19)10-12-4-6-14(7-5-12)20-9-8-16/h4-7,13,18H,2-3,9-11H2,1H3,(H,17,19). The van der Waals surface area contributed by atoms with Crippen LogP contribution in [0.2, 0.25) is 0 Å². The smallest absolute Gasteiger partial charge is 0.224 e. The maximum Gasteiger partial charge on any atom is 0.224 e. The topological polar surface area (TPSA) is 82.3 Å². The van der Waals surface area contributed by atoms with E-state index in [-0.39, 0.29) is 25.5 Å². The Balaban J connectivity index is 2.36. The summed E-state index contributed by atoms with van der Waals surface area (Å²) in [4.78, 5) is 11.7. The number of nitriles is 1. The first-order valence-corrected chi connectivity index (χ1v) is 6.69. The SMILES string of the molecule is CCCC(O)CNC(=O)Cc1ccc(OCC#N)cc1. The van der Waals surface area contributed by atoms with Gasteiger partial charge in [-0.3, -0.25) is 4.79 Å². The van der Waals surface area contributed by atoms with E-state index < -0.39 is 6.10 Å². The molecular weight excluding hydrogens is 256 g/mol. The number of rotatable bonds is 8. The third kappa shape index (κ3) is 6.21. The lowest BCUT2D eigenvalue weighted by Gasteiger charge is -2.10. The van der Waals surface area contributed by atoms with Gasteiger partial charge in [-0.05, 0) is 24.1 Å². The molecule has 5 heteroatoms. The average molecular weight is 276 g/mol. The molecule has 0 aromatic heterocycles. The molecule has 0 heterocycles. The fourth-order valence-electron chi connectivity index (χ4n) is 1.73. The highest BCUT2D eigenvalue weighted by atomic mass is 16.5. The van der Waals surface area contributed by atoms with Crippen molar-refractivity contribution in [2.45, 2.75) is 32.3 Å². The Labute approximate surface area is 119 Å². The van der Waals surface area contributed by atoms with Crippen LogP contribution in [0.5, 0.6) is 5.75 Å². The summed E-state index contributed by atoms with van der Waals surface area (Å²) < 4.78 is 5.13. The molecule has 20 heavy (non-hydrogen) atoms. The fourth-order valence-corrected chi connectivity index (χ4v) is 1.73. The monoisotopic (exact) mass is 276 g/mol. The molecule has 5 nitrogen and oxygen atoms in total. The highest BCUT2D eigenvalue weighted by Crippen LogP contribution is 2.12.